The molecule has 0 aliphatic carbocycles. The summed E-state index contributed by atoms with van der Waals surface area (Å²) in [5.41, 5.74) is 4.57. The van der Waals surface area contributed by atoms with Crippen LogP contribution in [0.4, 0.5) is 0 Å². The normalized spacial score (nSPS) is 15.7. The molecule has 2 aliphatic heterocycles. The fourth-order valence-electron chi connectivity index (χ4n) is 6.98. The van der Waals surface area contributed by atoms with Gasteiger partial charge in [-0.3, -0.25) is 0 Å². The van der Waals surface area contributed by atoms with E-state index in [9.17, 15) is 0 Å². The Bertz CT molecular complexity index is 2720. The number of hydrogen-bond donors (Lipinski definition) is 1. The first-order valence-corrected chi connectivity index (χ1v) is 15.5. The molecule has 5 nitrogen and oxygen atoms in total. The van der Waals surface area contributed by atoms with Crippen molar-refractivity contribution >= 4 is 77.7 Å². The average molecular weight is 590 g/mol. The molecule has 0 fully saturated rings. The van der Waals surface area contributed by atoms with Gasteiger partial charge in [-0.2, -0.15) is 0 Å². The zero-order valence-corrected chi connectivity index (χ0v) is 24.6. The number of fused-ring (bicyclic) bond motifs is 9. The standard InChI is InChI=1S/C41H25N4O/c1-2-9-26-21-28(14-13-24(26)7-1)39-43-40(45-41(44-39)38-37-34-11-5-6-12-35(34)46-36(37)23-42-38)29-17-18-31-27(22-29)16-20-32-30-10-4-3-8-25(30)15-19-33(31)32/h1-23,39H,(H,43,44,45)/q+1. The van der Waals surface area contributed by atoms with E-state index in [2.05, 4.69) is 121 Å². The van der Waals surface area contributed by atoms with Crippen LogP contribution in [0.2, 0.25) is 0 Å². The smallest absolute Gasteiger partial charge is 0.381 e. The second-order valence-electron chi connectivity index (χ2n) is 11.9. The quantitative estimate of drug-likeness (QED) is 0.166. The predicted molar refractivity (Wildman–Crippen MR) is 190 cm³/mol. The lowest BCUT2D eigenvalue weighted by Crippen LogP contribution is -2.41. The molecule has 0 spiro atoms. The van der Waals surface area contributed by atoms with Crippen molar-refractivity contribution in [1.82, 2.24) is 9.98 Å². The van der Waals surface area contributed by atoms with Crippen LogP contribution in [0.25, 0.3) is 54.1 Å². The molecule has 1 N–H and O–H groups in total. The molecule has 1 aromatic heterocycles. The van der Waals surface area contributed by atoms with Gasteiger partial charge in [-0.25, -0.2) is 9.98 Å². The van der Waals surface area contributed by atoms with Gasteiger partial charge in [0.2, 0.25) is 11.6 Å². The van der Waals surface area contributed by atoms with Crippen molar-refractivity contribution in [3.8, 4) is 0 Å². The van der Waals surface area contributed by atoms with Gasteiger partial charge in [0, 0.05) is 10.9 Å². The number of benzene rings is 7. The molecule has 5 heteroatoms. The summed E-state index contributed by atoms with van der Waals surface area (Å²) in [4.78, 5) is 10.4. The maximum absolute atomic E-state index is 6.13. The molecule has 0 saturated heterocycles. The van der Waals surface area contributed by atoms with Gasteiger partial charge in [0.1, 0.15) is 17.0 Å². The monoisotopic (exact) mass is 589 g/mol. The van der Waals surface area contributed by atoms with E-state index in [1.165, 1.54) is 32.3 Å². The van der Waals surface area contributed by atoms with E-state index in [0.29, 0.717) is 5.84 Å². The molecule has 10 rings (SSSR count). The molecule has 46 heavy (non-hydrogen) atoms. The van der Waals surface area contributed by atoms with Crippen molar-refractivity contribution in [3.05, 3.63) is 156 Å². The first-order chi connectivity index (χ1) is 22.8. The Balaban J connectivity index is 1.12. The van der Waals surface area contributed by atoms with Crippen molar-refractivity contribution in [2.24, 2.45) is 9.98 Å². The lowest BCUT2D eigenvalue weighted by Gasteiger charge is -2.20. The lowest BCUT2D eigenvalue weighted by molar-refractivity contribution is 0.608. The van der Waals surface area contributed by atoms with Crippen LogP contribution in [0.15, 0.2) is 148 Å². The minimum absolute atomic E-state index is 0.445. The van der Waals surface area contributed by atoms with Crippen LogP contribution in [0, 0.1) is 0 Å². The number of furan rings is 1. The first kappa shape index (κ1) is 25.1. The minimum Gasteiger partial charge on any atom is -0.448 e. The van der Waals surface area contributed by atoms with Gasteiger partial charge in [0.25, 0.3) is 0 Å². The van der Waals surface area contributed by atoms with Gasteiger partial charge >= 0.3 is 11.9 Å². The summed E-state index contributed by atoms with van der Waals surface area (Å²) in [6.07, 6.45) is 1.34. The van der Waals surface area contributed by atoms with Crippen molar-refractivity contribution in [2.75, 3.05) is 0 Å². The van der Waals surface area contributed by atoms with Crippen LogP contribution < -0.4 is 9.98 Å². The zero-order chi connectivity index (χ0) is 30.2. The maximum Gasteiger partial charge on any atom is 0.381 e. The molecule has 0 bridgehead atoms. The molecule has 1 unspecified atom stereocenters. The van der Waals surface area contributed by atoms with E-state index < -0.39 is 6.17 Å². The Kier molecular flexibility index (Phi) is 5.24. The van der Waals surface area contributed by atoms with Gasteiger partial charge in [-0.15, -0.1) is 0 Å². The number of nitrogens with one attached hydrogen (secondary N) is 1. The Hall–Kier alpha value is -6.29. The Labute approximate surface area is 263 Å². The van der Waals surface area contributed by atoms with Crippen molar-refractivity contribution in [1.29, 1.82) is 0 Å². The van der Waals surface area contributed by atoms with Crippen LogP contribution in [0.5, 0.6) is 0 Å². The molecular formula is C41H25N4O+. The SMILES string of the molecule is C1=[N+]=C(C2=NC(c3ccc4ccccc4c3)N=C(c3ccc4c(ccc5c6ccccc6ccc45)c3)N2)c2c1oc1ccccc21. The highest BCUT2D eigenvalue weighted by molar-refractivity contribution is 6.53. The molecule has 7 aromatic carbocycles. The van der Waals surface area contributed by atoms with Gasteiger partial charge in [0.15, 0.2) is 6.17 Å². The fraction of sp³-hybridized carbons (Fsp3) is 0.0244. The van der Waals surface area contributed by atoms with Crippen LogP contribution in [-0.2, 0) is 0 Å². The summed E-state index contributed by atoms with van der Waals surface area (Å²) in [7, 11) is 0. The van der Waals surface area contributed by atoms with Crippen LogP contribution in [0.3, 0.4) is 0 Å². The number of rotatable bonds is 3. The largest absolute Gasteiger partial charge is 0.448 e. The van der Waals surface area contributed by atoms with Crippen LogP contribution >= 0.6 is 0 Å². The molecule has 8 aromatic rings. The van der Waals surface area contributed by atoms with Gasteiger partial charge in [0.05, 0.1) is 0 Å². The second-order valence-corrected chi connectivity index (χ2v) is 11.9. The summed E-state index contributed by atoms with van der Waals surface area (Å²) in [6, 6.07) is 47.0. The Morgan fingerprint density at radius 3 is 2.11 bits per heavy atom. The third kappa shape index (κ3) is 3.80. The summed E-state index contributed by atoms with van der Waals surface area (Å²) in [5.74, 6) is 2.18. The van der Waals surface area contributed by atoms with Gasteiger partial charge in [-0.05, 0) is 66.9 Å². The summed E-state index contributed by atoms with van der Waals surface area (Å²) < 4.78 is 10.9. The van der Waals surface area contributed by atoms with E-state index in [1.807, 2.05) is 18.2 Å². The topological polar surface area (TPSA) is 64.0 Å². The lowest BCUT2D eigenvalue weighted by atomic mass is 9.96. The molecule has 1 atom stereocenters. The van der Waals surface area contributed by atoms with E-state index in [4.69, 9.17) is 19.1 Å². The number of hydrogen-bond acceptors (Lipinski definition) is 4. The third-order valence-electron chi connectivity index (χ3n) is 9.22. The molecule has 3 heterocycles. The van der Waals surface area contributed by atoms with Crippen molar-refractivity contribution < 1.29 is 4.42 Å². The third-order valence-corrected chi connectivity index (χ3v) is 9.22. The van der Waals surface area contributed by atoms with Gasteiger partial charge in [-0.1, -0.05) is 120 Å². The number of nitrogens with zero attached hydrogens (tertiary/aromatic N) is 3. The summed E-state index contributed by atoms with van der Waals surface area (Å²) in [5, 5.41) is 14.3. The number of aliphatic imine (C=N–C) groups is 2. The zero-order valence-electron chi connectivity index (χ0n) is 24.6. The van der Waals surface area contributed by atoms with E-state index in [0.717, 1.165) is 55.7 Å². The highest BCUT2D eigenvalue weighted by Crippen LogP contribution is 2.33. The molecule has 214 valence electrons. The fourth-order valence-corrected chi connectivity index (χ4v) is 6.98. The van der Waals surface area contributed by atoms with E-state index in [-0.39, 0.29) is 0 Å². The Morgan fingerprint density at radius 2 is 1.22 bits per heavy atom. The number of para-hydroxylation sites is 1. The highest BCUT2D eigenvalue weighted by atomic mass is 16.3. The number of amidine groups is 2. The van der Waals surface area contributed by atoms with E-state index in [1.54, 1.807) is 6.21 Å². The van der Waals surface area contributed by atoms with Crippen LogP contribution in [0.1, 0.15) is 28.6 Å². The minimum atomic E-state index is -0.445. The predicted octanol–water partition coefficient (Wildman–Crippen LogP) is 8.48. The molecule has 0 saturated carbocycles. The van der Waals surface area contributed by atoms with E-state index >= 15 is 0 Å². The molecule has 0 amide bonds. The Morgan fingerprint density at radius 1 is 0.543 bits per heavy atom. The van der Waals surface area contributed by atoms with Crippen LogP contribution in [-0.4, -0.2) is 23.6 Å². The molecule has 2 aliphatic rings. The summed E-state index contributed by atoms with van der Waals surface area (Å²) >= 11 is 0. The molecule has 0 radical (unpaired) electrons. The maximum atomic E-state index is 6.13. The second kappa shape index (κ2) is 9.60. The first-order valence-electron chi connectivity index (χ1n) is 15.5. The van der Waals surface area contributed by atoms with Gasteiger partial charge < -0.3 is 9.73 Å². The molecular weight excluding hydrogens is 564 g/mol. The highest BCUT2D eigenvalue weighted by Gasteiger charge is 2.38. The summed E-state index contributed by atoms with van der Waals surface area (Å²) in [6.45, 7) is 0. The van der Waals surface area contributed by atoms with Crippen molar-refractivity contribution in [3.63, 3.8) is 0 Å². The van der Waals surface area contributed by atoms with Crippen molar-refractivity contribution in [2.45, 2.75) is 6.17 Å². The average Bonchev–Trinajstić information content (AvgIpc) is 3.70.